The summed E-state index contributed by atoms with van der Waals surface area (Å²) in [4.78, 5) is 0. The van der Waals surface area contributed by atoms with E-state index in [0.29, 0.717) is 0 Å². The van der Waals surface area contributed by atoms with E-state index in [0.717, 1.165) is 20.7 Å². The third kappa shape index (κ3) is 6.47. The quantitative estimate of drug-likeness (QED) is 0.209. The van der Waals surface area contributed by atoms with Crippen LogP contribution < -0.4 is 20.7 Å². The molecule has 7 heteroatoms. The lowest BCUT2D eigenvalue weighted by Crippen LogP contribution is -2.73. The zero-order chi connectivity index (χ0) is 28.0. The fourth-order valence-electron chi connectivity index (χ4n) is 4.84. The van der Waals surface area contributed by atoms with Crippen LogP contribution in [0, 0.1) is 0 Å². The van der Waals surface area contributed by atoms with E-state index in [1.165, 1.54) is 0 Å². The lowest BCUT2D eigenvalue weighted by Gasteiger charge is -2.44. The largest absolute Gasteiger partial charge is 0.426 e. The van der Waals surface area contributed by atoms with Crippen LogP contribution in [0.4, 0.5) is 0 Å². The van der Waals surface area contributed by atoms with Crippen LogP contribution in [0.3, 0.4) is 0 Å². The zero-order valence-corrected chi connectivity index (χ0v) is 27.3. The Balaban J connectivity index is 1.90. The molecule has 0 radical (unpaired) electrons. The number of hydrogen-bond donors (Lipinski definition) is 0. The molecule has 0 fully saturated rings. The third-order valence-electron chi connectivity index (χ3n) is 6.70. The molecule has 4 aromatic rings. The van der Waals surface area contributed by atoms with E-state index < -0.39 is 33.8 Å². The van der Waals surface area contributed by atoms with E-state index >= 15 is 0 Å². The van der Waals surface area contributed by atoms with Gasteiger partial charge in [-0.25, -0.2) is 0 Å². The second kappa shape index (κ2) is 12.1. The van der Waals surface area contributed by atoms with Crippen molar-refractivity contribution in [3.63, 3.8) is 0 Å². The molecule has 200 valence electrons. The first-order valence-corrected chi connectivity index (χ1v) is 22.9. The summed E-state index contributed by atoms with van der Waals surface area (Å²) in [5.74, 6) is 0. The fourth-order valence-corrected chi connectivity index (χ4v) is 22.0. The molecule has 0 aliphatic heterocycles. The van der Waals surface area contributed by atoms with Crippen LogP contribution in [0.15, 0.2) is 146 Å². The molecule has 0 saturated heterocycles. The number of hydrogen-bond acceptors (Lipinski definition) is 3. The van der Waals surface area contributed by atoms with Crippen molar-refractivity contribution in [2.75, 3.05) is 0 Å². The summed E-state index contributed by atoms with van der Waals surface area (Å²) in [5.41, 5.74) is 4.02. The Morgan fingerprint density at radius 3 is 1.15 bits per heavy atom. The smallest absolute Gasteiger partial charge is 0.388 e. The molecule has 3 nitrogen and oxygen atoms in total. The summed E-state index contributed by atoms with van der Waals surface area (Å²) >= 11 is 0. The van der Waals surface area contributed by atoms with Gasteiger partial charge in [-0.1, -0.05) is 133 Å². The van der Waals surface area contributed by atoms with Crippen molar-refractivity contribution in [3.8, 4) is 0 Å². The van der Waals surface area contributed by atoms with Crippen molar-refractivity contribution < 1.29 is 12.3 Å². The van der Waals surface area contributed by atoms with Crippen LogP contribution >= 0.6 is 0 Å². The van der Waals surface area contributed by atoms with Crippen molar-refractivity contribution in [2.45, 2.75) is 26.2 Å². The maximum Gasteiger partial charge on any atom is 0.388 e. The molecular weight excluding hydrogens is 545 g/mol. The van der Waals surface area contributed by atoms with Crippen LogP contribution in [-0.2, 0) is 12.3 Å². The highest BCUT2D eigenvalue weighted by Gasteiger charge is 2.53. The predicted octanol–water partition coefficient (Wildman–Crippen LogP) is 5.41. The molecule has 39 heavy (non-hydrogen) atoms. The molecule has 0 unspecified atom stereocenters. The van der Waals surface area contributed by atoms with Gasteiger partial charge in [0.25, 0.3) is 8.32 Å². The van der Waals surface area contributed by atoms with E-state index in [9.17, 15) is 0 Å². The minimum absolute atomic E-state index is 1.06. The molecule has 0 amide bonds. The molecule has 0 N–H and O–H groups in total. The Kier molecular flexibility index (Phi) is 9.03. The molecule has 0 saturated carbocycles. The highest BCUT2D eigenvalue weighted by Crippen LogP contribution is 2.25. The van der Waals surface area contributed by atoms with Gasteiger partial charge in [0.15, 0.2) is 0 Å². The van der Waals surface area contributed by atoms with Gasteiger partial charge in [0.1, 0.15) is 0 Å². The Labute approximate surface area is 238 Å². The normalized spacial score (nSPS) is 12.6. The Morgan fingerprint density at radius 2 is 0.821 bits per heavy atom. The topological polar surface area (TPSA) is 27.7 Å². The first-order chi connectivity index (χ1) is 18.7. The van der Waals surface area contributed by atoms with Crippen LogP contribution in [0.1, 0.15) is 0 Å². The fraction of sp³-hybridized carbons (Fsp3) is 0.125. The zero-order valence-electron chi connectivity index (χ0n) is 23.3. The van der Waals surface area contributed by atoms with Crippen molar-refractivity contribution in [1.82, 2.24) is 0 Å². The molecule has 0 atom stereocenters. The monoisotopic (exact) mass is 582 g/mol. The van der Waals surface area contributed by atoms with E-state index in [2.05, 4.69) is 136 Å². The minimum Gasteiger partial charge on any atom is -0.426 e. The molecule has 4 rings (SSSR count). The first kappa shape index (κ1) is 29.1. The summed E-state index contributed by atoms with van der Waals surface area (Å²) in [5, 5.41) is 4.41. The molecule has 0 spiro atoms. The summed E-state index contributed by atoms with van der Waals surface area (Å²) in [7, 11) is -11.3. The van der Waals surface area contributed by atoms with E-state index in [1.54, 1.807) is 0 Å². The lowest BCUT2D eigenvalue weighted by molar-refractivity contribution is 0.347. The lowest BCUT2D eigenvalue weighted by atomic mass is 10.4. The van der Waals surface area contributed by atoms with Gasteiger partial charge in [0.05, 0.1) is 0 Å². The van der Waals surface area contributed by atoms with Gasteiger partial charge in [0, 0.05) is 0 Å². The van der Waals surface area contributed by atoms with Crippen LogP contribution in [0.2, 0.25) is 26.2 Å². The second-order valence-electron chi connectivity index (χ2n) is 10.5. The second-order valence-corrected chi connectivity index (χ2v) is 24.8. The average Bonchev–Trinajstić information content (AvgIpc) is 2.97. The molecule has 0 aliphatic rings. The molecule has 0 aromatic heterocycles. The van der Waals surface area contributed by atoms with Crippen molar-refractivity contribution in [1.29, 1.82) is 0 Å². The highest BCUT2D eigenvalue weighted by molar-refractivity contribution is 7.07. The molecular formula is C32H38O3Si4. The first-order valence-electron chi connectivity index (χ1n) is 13.3. The van der Waals surface area contributed by atoms with Crippen LogP contribution in [0.5, 0.6) is 0 Å². The Hall–Kier alpha value is -2.89. The maximum absolute atomic E-state index is 7.44. The van der Waals surface area contributed by atoms with Gasteiger partial charge < -0.3 is 12.3 Å². The molecule has 0 heterocycles. The minimum atomic E-state index is -3.24. The van der Waals surface area contributed by atoms with E-state index in [-0.39, 0.29) is 0 Å². The van der Waals surface area contributed by atoms with Crippen LogP contribution in [-0.4, -0.2) is 33.8 Å². The van der Waals surface area contributed by atoms with Crippen molar-refractivity contribution >= 4 is 54.5 Å². The van der Waals surface area contributed by atoms with Gasteiger partial charge >= 0.3 is 17.1 Å². The molecule has 4 aromatic carbocycles. The standard InChI is InChI=1S/C32H38O3Si4/c1-7-36(3,4)33-39(31-25-17-11-18-26-31,32-27-19-12-20-28-32)35-37(5,6)34-38(8-2,29-21-13-9-14-22-29)30-23-15-10-16-24-30/h7-28H,1-2H2,3-6H3. The summed E-state index contributed by atoms with van der Waals surface area (Å²) < 4.78 is 22.0. The van der Waals surface area contributed by atoms with Crippen molar-refractivity contribution in [2.24, 2.45) is 0 Å². The third-order valence-corrected chi connectivity index (χ3v) is 22.4. The SMILES string of the molecule is C=C[Si](C)(C)O[Si](O[Si](C)(C)O[Si](C=C)(c1ccccc1)c1ccccc1)(c1ccccc1)c1ccccc1. The average molecular weight is 583 g/mol. The van der Waals surface area contributed by atoms with Gasteiger partial charge in [-0.05, 0) is 46.9 Å². The molecule has 0 bridgehead atoms. The highest BCUT2D eigenvalue weighted by atomic mass is 28.5. The van der Waals surface area contributed by atoms with Gasteiger partial charge in [-0.15, -0.1) is 13.2 Å². The summed E-state index contributed by atoms with van der Waals surface area (Å²) in [6.45, 7) is 17.1. The Morgan fingerprint density at radius 1 is 0.462 bits per heavy atom. The summed E-state index contributed by atoms with van der Waals surface area (Å²) in [6, 6.07) is 41.7. The summed E-state index contributed by atoms with van der Waals surface area (Å²) in [6.07, 6.45) is 0. The predicted molar refractivity (Wildman–Crippen MR) is 174 cm³/mol. The van der Waals surface area contributed by atoms with Crippen molar-refractivity contribution in [3.05, 3.63) is 146 Å². The van der Waals surface area contributed by atoms with E-state index in [4.69, 9.17) is 12.3 Å². The maximum atomic E-state index is 7.44. The van der Waals surface area contributed by atoms with E-state index in [1.807, 2.05) is 35.7 Å². The Bertz CT molecular complexity index is 1280. The number of rotatable bonds is 12. The number of benzene rings is 4. The molecule has 0 aliphatic carbocycles. The van der Waals surface area contributed by atoms with Crippen LogP contribution in [0.25, 0.3) is 0 Å². The van der Waals surface area contributed by atoms with Gasteiger partial charge in [-0.3, -0.25) is 0 Å². The van der Waals surface area contributed by atoms with Gasteiger partial charge in [0.2, 0.25) is 8.32 Å². The van der Waals surface area contributed by atoms with Gasteiger partial charge in [-0.2, -0.15) is 0 Å².